The molecule has 0 aromatic heterocycles. The zero-order valence-corrected chi connectivity index (χ0v) is 16.9. The second kappa shape index (κ2) is 8.46. The highest BCUT2D eigenvalue weighted by Crippen LogP contribution is 2.28. The lowest BCUT2D eigenvalue weighted by molar-refractivity contribution is -0.120. The highest BCUT2D eigenvalue weighted by molar-refractivity contribution is 7.89. The SMILES string of the molecule is COc1ccc(S(=O)(=O)N2CCCC(C(=O)Nc3ccc(F)cc3F)C2)cc1C. The van der Waals surface area contributed by atoms with Crippen molar-refractivity contribution in [3.8, 4) is 5.75 Å². The number of carbonyl (C=O) groups excluding carboxylic acids is 1. The van der Waals surface area contributed by atoms with Crippen LogP contribution in [-0.4, -0.2) is 38.8 Å². The monoisotopic (exact) mass is 424 g/mol. The summed E-state index contributed by atoms with van der Waals surface area (Å²) in [5.74, 6) is -2.18. The number of methoxy groups -OCH3 is 1. The molecule has 2 aromatic rings. The molecule has 1 unspecified atom stereocenters. The third kappa shape index (κ3) is 4.56. The molecule has 1 aliphatic heterocycles. The van der Waals surface area contributed by atoms with E-state index in [1.165, 1.54) is 23.5 Å². The van der Waals surface area contributed by atoms with Gasteiger partial charge in [-0.05, 0) is 55.7 Å². The van der Waals surface area contributed by atoms with Crippen molar-refractivity contribution in [3.63, 3.8) is 0 Å². The van der Waals surface area contributed by atoms with Crippen LogP contribution in [-0.2, 0) is 14.8 Å². The molecule has 0 radical (unpaired) electrons. The summed E-state index contributed by atoms with van der Waals surface area (Å²) in [6.45, 7) is 2.03. The van der Waals surface area contributed by atoms with Gasteiger partial charge in [0.15, 0.2) is 0 Å². The van der Waals surface area contributed by atoms with Gasteiger partial charge >= 0.3 is 0 Å². The predicted molar refractivity (Wildman–Crippen MR) is 104 cm³/mol. The predicted octanol–water partition coefficient (Wildman–Crippen LogP) is 3.32. The maximum atomic E-state index is 13.8. The van der Waals surface area contributed by atoms with Gasteiger partial charge in [0, 0.05) is 19.2 Å². The number of hydrogen-bond acceptors (Lipinski definition) is 4. The number of piperidine rings is 1. The number of nitrogens with zero attached hydrogens (tertiary/aromatic N) is 1. The van der Waals surface area contributed by atoms with Gasteiger partial charge in [0.25, 0.3) is 0 Å². The Kier molecular flexibility index (Phi) is 6.18. The molecule has 1 amide bonds. The highest BCUT2D eigenvalue weighted by atomic mass is 32.2. The number of sulfonamides is 1. The van der Waals surface area contributed by atoms with Crippen LogP contribution < -0.4 is 10.1 Å². The Morgan fingerprint density at radius 2 is 1.97 bits per heavy atom. The van der Waals surface area contributed by atoms with E-state index in [9.17, 15) is 22.0 Å². The van der Waals surface area contributed by atoms with Crippen LogP contribution in [0, 0.1) is 24.5 Å². The third-order valence-corrected chi connectivity index (χ3v) is 6.81. The Morgan fingerprint density at radius 3 is 2.62 bits per heavy atom. The van der Waals surface area contributed by atoms with E-state index >= 15 is 0 Å². The first-order valence-corrected chi connectivity index (χ1v) is 10.6. The molecule has 0 bridgehead atoms. The first-order valence-electron chi connectivity index (χ1n) is 9.13. The smallest absolute Gasteiger partial charge is 0.243 e. The molecule has 1 N–H and O–H groups in total. The normalized spacial score (nSPS) is 17.7. The van der Waals surface area contributed by atoms with Gasteiger partial charge in [-0.1, -0.05) is 0 Å². The Bertz CT molecular complexity index is 1030. The quantitative estimate of drug-likeness (QED) is 0.799. The lowest BCUT2D eigenvalue weighted by atomic mass is 9.98. The third-order valence-electron chi connectivity index (χ3n) is 4.95. The zero-order valence-electron chi connectivity index (χ0n) is 16.1. The minimum atomic E-state index is -3.79. The second-order valence-electron chi connectivity index (χ2n) is 6.95. The number of carbonyl (C=O) groups is 1. The zero-order chi connectivity index (χ0) is 21.2. The number of benzene rings is 2. The molecule has 2 aromatic carbocycles. The van der Waals surface area contributed by atoms with Crippen molar-refractivity contribution in [1.82, 2.24) is 4.31 Å². The lowest BCUT2D eigenvalue weighted by Gasteiger charge is -2.31. The van der Waals surface area contributed by atoms with Gasteiger partial charge in [0.05, 0.1) is 23.6 Å². The van der Waals surface area contributed by atoms with Crippen LogP contribution >= 0.6 is 0 Å². The van der Waals surface area contributed by atoms with E-state index < -0.39 is 33.5 Å². The molecule has 1 heterocycles. The molecule has 29 heavy (non-hydrogen) atoms. The molecule has 0 aliphatic carbocycles. The molecule has 156 valence electrons. The fourth-order valence-electron chi connectivity index (χ4n) is 3.36. The number of hydrogen-bond donors (Lipinski definition) is 1. The van der Waals surface area contributed by atoms with E-state index in [4.69, 9.17) is 4.74 Å². The summed E-state index contributed by atoms with van der Waals surface area (Å²) in [5.41, 5.74) is 0.550. The van der Waals surface area contributed by atoms with Crippen LogP contribution in [0.2, 0.25) is 0 Å². The molecule has 1 fully saturated rings. The van der Waals surface area contributed by atoms with Gasteiger partial charge < -0.3 is 10.1 Å². The largest absolute Gasteiger partial charge is 0.496 e. The number of halogens is 2. The van der Waals surface area contributed by atoms with Crippen LogP contribution in [0.5, 0.6) is 5.75 Å². The minimum Gasteiger partial charge on any atom is -0.496 e. The first-order chi connectivity index (χ1) is 13.7. The number of amides is 1. The summed E-state index contributed by atoms with van der Waals surface area (Å²) in [6.07, 6.45) is 0.973. The van der Waals surface area contributed by atoms with Crippen LogP contribution in [0.25, 0.3) is 0 Å². The van der Waals surface area contributed by atoms with Crippen molar-refractivity contribution in [2.45, 2.75) is 24.7 Å². The van der Waals surface area contributed by atoms with E-state index in [0.29, 0.717) is 36.8 Å². The summed E-state index contributed by atoms with van der Waals surface area (Å²) in [7, 11) is -2.28. The Hall–Kier alpha value is -2.52. The summed E-state index contributed by atoms with van der Waals surface area (Å²) >= 11 is 0. The Balaban J connectivity index is 1.75. The number of nitrogens with one attached hydrogen (secondary N) is 1. The van der Waals surface area contributed by atoms with Gasteiger partial charge in [-0.3, -0.25) is 4.79 Å². The second-order valence-corrected chi connectivity index (χ2v) is 8.88. The van der Waals surface area contributed by atoms with Crippen LogP contribution in [0.15, 0.2) is 41.3 Å². The summed E-state index contributed by atoms with van der Waals surface area (Å²) in [6, 6.07) is 7.46. The van der Waals surface area contributed by atoms with Crippen LogP contribution in [0.4, 0.5) is 14.5 Å². The first kappa shape index (κ1) is 21.2. The number of anilines is 1. The van der Waals surface area contributed by atoms with Crippen LogP contribution in [0.1, 0.15) is 18.4 Å². The molecule has 9 heteroatoms. The molecule has 1 atom stereocenters. The standard InChI is InChI=1S/C20H22F2N2O4S/c1-13-10-16(6-8-19(13)28-2)29(26,27)24-9-3-4-14(12-24)20(25)23-18-7-5-15(21)11-17(18)22/h5-8,10-11,14H,3-4,9,12H2,1-2H3,(H,23,25). The fourth-order valence-corrected chi connectivity index (χ4v) is 4.97. The van der Waals surface area contributed by atoms with E-state index in [1.54, 1.807) is 13.0 Å². The number of aryl methyl sites for hydroxylation is 1. The maximum Gasteiger partial charge on any atom is 0.243 e. The van der Waals surface area contributed by atoms with Crippen molar-refractivity contribution >= 4 is 21.6 Å². The molecule has 0 spiro atoms. The van der Waals surface area contributed by atoms with Gasteiger partial charge in [-0.25, -0.2) is 17.2 Å². The Morgan fingerprint density at radius 1 is 1.21 bits per heavy atom. The average molecular weight is 424 g/mol. The number of rotatable bonds is 5. The number of ether oxygens (including phenoxy) is 1. The summed E-state index contributed by atoms with van der Waals surface area (Å²) in [5, 5.41) is 2.42. The molecule has 6 nitrogen and oxygen atoms in total. The van der Waals surface area contributed by atoms with Crippen molar-refractivity contribution in [1.29, 1.82) is 0 Å². The van der Waals surface area contributed by atoms with Gasteiger partial charge in [-0.2, -0.15) is 4.31 Å². The lowest BCUT2D eigenvalue weighted by Crippen LogP contribution is -2.43. The van der Waals surface area contributed by atoms with Crippen molar-refractivity contribution < 1.29 is 26.7 Å². The van der Waals surface area contributed by atoms with E-state index in [-0.39, 0.29) is 17.1 Å². The molecule has 0 saturated carbocycles. The van der Waals surface area contributed by atoms with Crippen molar-refractivity contribution in [2.75, 3.05) is 25.5 Å². The highest BCUT2D eigenvalue weighted by Gasteiger charge is 2.33. The van der Waals surface area contributed by atoms with Gasteiger partial charge in [0.2, 0.25) is 15.9 Å². The van der Waals surface area contributed by atoms with Crippen molar-refractivity contribution in [2.24, 2.45) is 5.92 Å². The molecular weight excluding hydrogens is 402 g/mol. The minimum absolute atomic E-state index is 0.0118. The molecule has 1 saturated heterocycles. The molecule has 1 aliphatic rings. The van der Waals surface area contributed by atoms with E-state index in [1.807, 2.05) is 0 Å². The Labute approximate surface area is 168 Å². The van der Waals surface area contributed by atoms with Gasteiger partial charge in [-0.15, -0.1) is 0 Å². The van der Waals surface area contributed by atoms with Gasteiger partial charge in [0.1, 0.15) is 17.4 Å². The van der Waals surface area contributed by atoms with Crippen molar-refractivity contribution in [3.05, 3.63) is 53.6 Å². The van der Waals surface area contributed by atoms with E-state index in [2.05, 4.69) is 5.32 Å². The van der Waals surface area contributed by atoms with E-state index in [0.717, 1.165) is 12.1 Å². The summed E-state index contributed by atoms with van der Waals surface area (Å²) < 4.78 is 59.3. The topological polar surface area (TPSA) is 75.7 Å². The average Bonchev–Trinajstić information content (AvgIpc) is 2.70. The maximum absolute atomic E-state index is 13.8. The summed E-state index contributed by atoms with van der Waals surface area (Å²) in [4.78, 5) is 12.7. The van der Waals surface area contributed by atoms with Crippen LogP contribution in [0.3, 0.4) is 0 Å². The molecular formula is C20H22F2N2O4S. The fraction of sp³-hybridized carbons (Fsp3) is 0.350. The molecule has 3 rings (SSSR count).